The van der Waals surface area contributed by atoms with Gasteiger partial charge in [-0.25, -0.2) is 0 Å². The van der Waals surface area contributed by atoms with Gasteiger partial charge in [0.05, 0.1) is 0 Å². The Morgan fingerprint density at radius 2 is 0.526 bits per heavy atom. The molecule has 0 aromatic heterocycles. The summed E-state index contributed by atoms with van der Waals surface area (Å²) in [7, 11) is -10.9. The molecule has 0 saturated carbocycles. The SMILES string of the molecule is O.O=[Si]([O-])[O-].O=[Si]([O-])[O-].O=[Si]([O-])[O-].[Al+3].[Al+3].[Mg+2].[Mg+2].[O-2].[O-2]. The molecule has 0 aliphatic carbocycles. The van der Waals surface area contributed by atoms with E-state index in [4.69, 9.17) is 42.2 Å². The fourth-order valence-corrected chi connectivity index (χ4v) is 0. The fraction of sp³-hybridized carbons (Fsp3) is 0. The summed E-state index contributed by atoms with van der Waals surface area (Å²) in [5, 5.41) is 0. The van der Waals surface area contributed by atoms with Crippen LogP contribution in [-0.2, 0) is 24.3 Å². The van der Waals surface area contributed by atoms with Crippen LogP contribution < -0.4 is 28.8 Å². The van der Waals surface area contributed by atoms with Gasteiger partial charge in [0.2, 0.25) is 0 Å². The molecule has 0 radical (unpaired) electrons. The van der Waals surface area contributed by atoms with E-state index in [1.807, 2.05) is 0 Å². The maximum absolute atomic E-state index is 8.52. The third-order valence-corrected chi connectivity index (χ3v) is 0. The van der Waals surface area contributed by atoms with Crippen LogP contribution in [0.25, 0.3) is 0 Å². The third kappa shape index (κ3) is 3290. The predicted molar refractivity (Wildman–Crippen MR) is 47.3 cm³/mol. The van der Waals surface area contributed by atoms with Gasteiger partial charge in [-0.15, -0.1) is 0 Å². The number of hydrogen-bond donors (Lipinski definition) is 0. The Labute approximate surface area is 165 Å². The standard InChI is InChI=1S/2Al.2Mg.3O3Si.H2O.2O/c;;;;3*1-4(2)3;;;/h;;;;;;;1H2;;/q2*+3;2*+2;3*-2;;2*-2. The van der Waals surface area contributed by atoms with Crippen LogP contribution in [0.5, 0.6) is 0 Å². The minimum absolute atomic E-state index is 0. The first-order valence-electron chi connectivity index (χ1n) is 1.84. The molecular weight excluding hydrogens is 379 g/mol. The molecule has 0 bridgehead atoms. The van der Waals surface area contributed by atoms with Gasteiger partial charge in [-0.05, 0) is 0 Å². The smallest absolute Gasteiger partial charge is 2.00 e. The van der Waals surface area contributed by atoms with E-state index in [-0.39, 0.29) is 97.3 Å². The van der Waals surface area contributed by atoms with Crippen molar-refractivity contribution in [1.29, 1.82) is 0 Å². The second kappa shape index (κ2) is 60.9. The second-order valence-electron chi connectivity index (χ2n) is 0.750. The molecule has 0 atom stereocenters. The van der Waals surface area contributed by atoms with Crippen LogP contribution >= 0.6 is 0 Å². The van der Waals surface area contributed by atoms with Gasteiger partial charge in [-0.2, -0.15) is 0 Å². The summed E-state index contributed by atoms with van der Waals surface area (Å²) in [6.07, 6.45) is 0. The van der Waals surface area contributed by atoms with Gasteiger partial charge in [-0.1, -0.05) is 0 Å². The normalized spacial score (nSPS) is 3.79. The van der Waals surface area contributed by atoms with Crippen molar-refractivity contribution in [3.8, 4) is 0 Å². The van der Waals surface area contributed by atoms with E-state index >= 15 is 0 Å². The van der Waals surface area contributed by atoms with Crippen LogP contribution in [0.1, 0.15) is 0 Å². The molecule has 0 amide bonds. The molecule has 19 heteroatoms. The van der Waals surface area contributed by atoms with Gasteiger partial charge in [0.1, 0.15) is 0 Å². The predicted octanol–water partition coefficient (Wildman–Crippen LogP) is -11.2. The van der Waals surface area contributed by atoms with Gasteiger partial charge in [-0.3, -0.25) is 0 Å². The molecule has 19 heavy (non-hydrogen) atoms. The minimum atomic E-state index is -3.63. The molecule has 0 aromatic rings. The van der Waals surface area contributed by atoms with Gasteiger partial charge >= 0.3 is 80.8 Å². The summed E-state index contributed by atoms with van der Waals surface area (Å²) < 4.78 is 25.6. The molecule has 0 aliphatic rings. The minimum Gasteiger partial charge on any atom is -2.00 e. The summed E-state index contributed by atoms with van der Waals surface area (Å²) in [6.45, 7) is 0. The van der Waals surface area contributed by atoms with Crippen molar-refractivity contribution in [3.05, 3.63) is 0 Å². The van der Waals surface area contributed by atoms with Gasteiger partial charge in [0.25, 0.3) is 0 Å². The van der Waals surface area contributed by atoms with E-state index in [1.54, 1.807) is 0 Å². The van der Waals surface area contributed by atoms with E-state index in [1.165, 1.54) is 0 Å². The van der Waals surface area contributed by atoms with E-state index in [9.17, 15) is 0 Å². The first kappa shape index (κ1) is 71.2. The van der Waals surface area contributed by atoms with Crippen LogP contribution in [-0.4, -0.2) is 114 Å². The van der Waals surface area contributed by atoms with Crippen LogP contribution in [0.4, 0.5) is 0 Å². The maximum Gasteiger partial charge on any atom is 3.00 e. The largest absolute Gasteiger partial charge is 3.00 e. The zero-order chi connectivity index (χ0) is 10.7. The molecule has 96 valence electrons. The molecule has 0 rings (SSSR count). The monoisotopic (exact) mass is 380 g/mol. The topological polar surface area (TPSA) is 278 Å². The van der Waals surface area contributed by atoms with Crippen molar-refractivity contribution in [1.82, 2.24) is 0 Å². The molecule has 0 heterocycles. The Balaban J connectivity index is -0.00000000675. The maximum atomic E-state index is 8.52. The summed E-state index contributed by atoms with van der Waals surface area (Å²) >= 11 is 0. The van der Waals surface area contributed by atoms with Crippen LogP contribution in [0.3, 0.4) is 0 Å². The molecule has 0 spiro atoms. The first-order chi connectivity index (χ1) is 5.20. The Kier molecular flexibility index (Phi) is 228. The van der Waals surface area contributed by atoms with Crippen molar-refractivity contribution >= 4 is 108 Å². The first-order valence-corrected chi connectivity index (χ1v) is 5.51. The van der Waals surface area contributed by atoms with Crippen molar-refractivity contribution in [2.45, 2.75) is 0 Å². The molecule has 0 aliphatic heterocycles. The average Bonchev–Trinajstić information content (AvgIpc) is 1.54. The van der Waals surface area contributed by atoms with Crippen molar-refractivity contribution in [2.24, 2.45) is 0 Å². The second-order valence-corrected chi connectivity index (χ2v) is 2.25. The Morgan fingerprint density at radius 1 is 0.526 bits per heavy atom. The Morgan fingerprint density at radius 3 is 0.526 bits per heavy atom. The molecule has 0 fully saturated rings. The summed E-state index contributed by atoms with van der Waals surface area (Å²) in [5.74, 6) is 0. The molecule has 0 unspecified atom stereocenters. The molecular formula is H2Al2Mg2O12Si3. The van der Waals surface area contributed by atoms with Gasteiger partial charge in [0, 0.05) is 27.5 Å². The zero-order valence-electron chi connectivity index (χ0n) is 9.06. The number of rotatable bonds is 0. The molecule has 0 saturated heterocycles. The van der Waals surface area contributed by atoms with Crippen molar-refractivity contribution in [2.75, 3.05) is 0 Å². The van der Waals surface area contributed by atoms with Crippen LogP contribution in [0.2, 0.25) is 0 Å². The van der Waals surface area contributed by atoms with Crippen LogP contribution in [0, 0.1) is 0 Å². The van der Waals surface area contributed by atoms with E-state index in [0.717, 1.165) is 0 Å². The summed E-state index contributed by atoms with van der Waals surface area (Å²) in [6, 6.07) is 0. The van der Waals surface area contributed by atoms with Gasteiger partial charge in [0.15, 0.2) is 0 Å². The summed E-state index contributed by atoms with van der Waals surface area (Å²) in [4.78, 5) is 51.1. The van der Waals surface area contributed by atoms with E-state index in [2.05, 4.69) is 0 Å². The quantitative estimate of drug-likeness (QED) is 0.359. The van der Waals surface area contributed by atoms with E-state index < -0.39 is 27.5 Å². The molecule has 0 aromatic carbocycles. The van der Waals surface area contributed by atoms with Crippen LogP contribution in [0.15, 0.2) is 0 Å². The Hall–Kier alpha value is 1.33. The molecule has 12 nitrogen and oxygen atoms in total. The Bertz CT molecular complexity index is 127. The third-order valence-electron chi connectivity index (χ3n) is 0. The van der Waals surface area contributed by atoms with Gasteiger partial charge < -0.3 is 58.6 Å². The average molecular weight is 381 g/mol. The fourth-order valence-electron chi connectivity index (χ4n) is 0. The summed E-state index contributed by atoms with van der Waals surface area (Å²) in [5.41, 5.74) is 0. The van der Waals surface area contributed by atoms with E-state index in [0.29, 0.717) is 0 Å². The van der Waals surface area contributed by atoms with Crippen molar-refractivity contribution < 1.29 is 58.6 Å². The van der Waals surface area contributed by atoms with Crippen molar-refractivity contribution in [3.63, 3.8) is 0 Å². The number of hydrogen-bond acceptors (Lipinski definition) is 9. The molecule has 2 N–H and O–H groups in total. The zero-order valence-corrected chi connectivity index (χ0v) is 17.2.